The molecule has 14 heavy (non-hydrogen) atoms. The summed E-state index contributed by atoms with van der Waals surface area (Å²) in [6, 6.07) is 4.57. The molecule has 0 aliphatic carbocycles. The Kier molecular flexibility index (Phi) is 2.52. The van der Waals surface area contributed by atoms with E-state index < -0.39 is 0 Å². The Hall–Kier alpha value is -0.930. The van der Waals surface area contributed by atoms with E-state index >= 15 is 0 Å². The summed E-state index contributed by atoms with van der Waals surface area (Å²) in [5.41, 5.74) is 8.51. The fourth-order valence-corrected chi connectivity index (χ4v) is 2.22. The average Bonchev–Trinajstić information content (AvgIpc) is 2.17. The van der Waals surface area contributed by atoms with Crippen LogP contribution in [0.4, 0.5) is 0 Å². The van der Waals surface area contributed by atoms with Gasteiger partial charge in [-0.25, -0.2) is 0 Å². The highest BCUT2D eigenvalue weighted by atomic mass is 15.2. The molecule has 0 amide bonds. The number of likely N-dealkylation sites (N-methyl/N-ethyl adjacent to an activating group) is 1. The standard InChI is InChI=1S/C11H17N3/c1-8(12)11-10-9(4-3-6-13-10)5-7-14(11)2/h3-4,6,8,11H,5,7,12H2,1-2H3. The summed E-state index contributed by atoms with van der Waals surface area (Å²) in [5.74, 6) is 0. The summed E-state index contributed by atoms with van der Waals surface area (Å²) in [6.45, 7) is 3.12. The molecule has 0 fully saturated rings. The molecule has 76 valence electrons. The first kappa shape index (κ1) is 9.62. The van der Waals surface area contributed by atoms with Crippen molar-refractivity contribution in [2.24, 2.45) is 5.73 Å². The van der Waals surface area contributed by atoms with Crippen LogP contribution in [-0.2, 0) is 6.42 Å². The fourth-order valence-electron chi connectivity index (χ4n) is 2.22. The molecular weight excluding hydrogens is 174 g/mol. The first-order valence-electron chi connectivity index (χ1n) is 5.10. The van der Waals surface area contributed by atoms with E-state index in [-0.39, 0.29) is 12.1 Å². The molecule has 2 unspecified atom stereocenters. The Morgan fingerprint density at radius 1 is 1.64 bits per heavy atom. The van der Waals surface area contributed by atoms with Crippen molar-refractivity contribution in [2.45, 2.75) is 25.4 Å². The summed E-state index contributed by atoms with van der Waals surface area (Å²) in [5, 5.41) is 0. The molecule has 2 heterocycles. The number of hydrogen-bond acceptors (Lipinski definition) is 3. The second-order valence-corrected chi connectivity index (χ2v) is 4.08. The van der Waals surface area contributed by atoms with E-state index in [1.165, 1.54) is 5.56 Å². The number of fused-ring (bicyclic) bond motifs is 1. The van der Waals surface area contributed by atoms with Crippen LogP contribution in [0.25, 0.3) is 0 Å². The van der Waals surface area contributed by atoms with Crippen molar-refractivity contribution in [1.82, 2.24) is 9.88 Å². The fraction of sp³-hybridized carbons (Fsp3) is 0.545. The van der Waals surface area contributed by atoms with Gasteiger partial charge in [-0.3, -0.25) is 9.88 Å². The van der Waals surface area contributed by atoms with Crippen LogP contribution in [0.3, 0.4) is 0 Å². The van der Waals surface area contributed by atoms with Crippen LogP contribution in [0.5, 0.6) is 0 Å². The predicted octanol–water partition coefficient (Wildman–Crippen LogP) is 0.958. The zero-order valence-electron chi connectivity index (χ0n) is 8.77. The van der Waals surface area contributed by atoms with Crippen molar-refractivity contribution >= 4 is 0 Å². The Balaban J connectivity index is 2.41. The molecule has 2 atom stereocenters. The summed E-state index contributed by atoms with van der Waals surface area (Å²) in [7, 11) is 2.12. The predicted molar refractivity (Wildman–Crippen MR) is 57.0 cm³/mol. The summed E-state index contributed by atoms with van der Waals surface area (Å²) < 4.78 is 0. The molecule has 0 spiro atoms. The molecule has 1 aromatic rings. The van der Waals surface area contributed by atoms with E-state index in [4.69, 9.17) is 5.73 Å². The molecule has 2 rings (SSSR count). The molecule has 0 saturated carbocycles. The molecule has 0 saturated heterocycles. The third kappa shape index (κ3) is 1.53. The Morgan fingerprint density at radius 2 is 2.43 bits per heavy atom. The third-order valence-electron chi connectivity index (χ3n) is 2.91. The van der Waals surface area contributed by atoms with Crippen molar-refractivity contribution in [3.63, 3.8) is 0 Å². The van der Waals surface area contributed by atoms with Gasteiger partial charge in [0.15, 0.2) is 0 Å². The molecule has 3 heteroatoms. The van der Waals surface area contributed by atoms with Crippen LogP contribution >= 0.6 is 0 Å². The van der Waals surface area contributed by atoms with Gasteiger partial charge in [-0.2, -0.15) is 0 Å². The van der Waals surface area contributed by atoms with Gasteiger partial charge in [0.2, 0.25) is 0 Å². The average molecular weight is 191 g/mol. The van der Waals surface area contributed by atoms with E-state index in [1.807, 2.05) is 19.2 Å². The van der Waals surface area contributed by atoms with Crippen LogP contribution < -0.4 is 5.73 Å². The van der Waals surface area contributed by atoms with E-state index in [0.29, 0.717) is 0 Å². The molecule has 2 N–H and O–H groups in total. The zero-order chi connectivity index (χ0) is 10.1. The highest BCUT2D eigenvalue weighted by molar-refractivity contribution is 5.26. The Bertz CT molecular complexity index is 322. The van der Waals surface area contributed by atoms with Crippen molar-refractivity contribution in [1.29, 1.82) is 0 Å². The molecule has 3 nitrogen and oxygen atoms in total. The van der Waals surface area contributed by atoms with E-state index in [1.54, 1.807) is 0 Å². The topological polar surface area (TPSA) is 42.1 Å². The van der Waals surface area contributed by atoms with Gasteiger partial charge in [0.25, 0.3) is 0 Å². The third-order valence-corrected chi connectivity index (χ3v) is 2.91. The monoisotopic (exact) mass is 191 g/mol. The van der Waals surface area contributed by atoms with Gasteiger partial charge in [0.05, 0.1) is 11.7 Å². The lowest BCUT2D eigenvalue weighted by Crippen LogP contribution is -2.42. The minimum Gasteiger partial charge on any atom is -0.326 e. The van der Waals surface area contributed by atoms with Crippen molar-refractivity contribution in [2.75, 3.05) is 13.6 Å². The first-order valence-corrected chi connectivity index (χ1v) is 5.10. The molecule has 1 aromatic heterocycles. The number of pyridine rings is 1. The maximum atomic E-state index is 5.99. The maximum Gasteiger partial charge on any atom is 0.0671 e. The van der Waals surface area contributed by atoms with Gasteiger partial charge in [0.1, 0.15) is 0 Å². The SMILES string of the molecule is CC(N)C1c2ncccc2CCN1C. The van der Waals surface area contributed by atoms with Crippen LogP contribution in [-0.4, -0.2) is 29.5 Å². The van der Waals surface area contributed by atoms with Crippen molar-refractivity contribution < 1.29 is 0 Å². The maximum absolute atomic E-state index is 5.99. The molecule has 1 aliphatic heterocycles. The molecule has 0 radical (unpaired) electrons. The molecular formula is C11H17N3. The van der Waals surface area contributed by atoms with Gasteiger partial charge in [-0.15, -0.1) is 0 Å². The molecule has 1 aliphatic rings. The van der Waals surface area contributed by atoms with Gasteiger partial charge in [-0.05, 0) is 32.0 Å². The van der Waals surface area contributed by atoms with Crippen LogP contribution in [0, 0.1) is 0 Å². The van der Waals surface area contributed by atoms with E-state index in [2.05, 4.69) is 23.0 Å². The smallest absolute Gasteiger partial charge is 0.0671 e. The largest absolute Gasteiger partial charge is 0.326 e. The Morgan fingerprint density at radius 3 is 3.14 bits per heavy atom. The van der Waals surface area contributed by atoms with Gasteiger partial charge < -0.3 is 5.73 Å². The van der Waals surface area contributed by atoms with Crippen LogP contribution in [0.15, 0.2) is 18.3 Å². The number of nitrogens with zero attached hydrogens (tertiary/aromatic N) is 2. The van der Waals surface area contributed by atoms with Crippen LogP contribution in [0.1, 0.15) is 24.2 Å². The number of aromatic nitrogens is 1. The molecule has 0 bridgehead atoms. The summed E-state index contributed by atoms with van der Waals surface area (Å²) in [4.78, 5) is 6.74. The van der Waals surface area contributed by atoms with Gasteiger partial charge in [0, 0.05) is 18.8 Å². The summed E-state index contributed by atoms with van der Waals surface area (Å²) in [6.07, 6.45) is 2.94. The van der Waals surface area contributed by atoms with Gasteiger partial charge in [-0.1, -0.05) is 6.07 Å². The highest BCUT2D eigenvalue weighted by Gasteiger charge is 2.28. The van der Waals surface area contributed by atoms with Crippen molar-refractivity contribution in [3.05, 3.63) is 29.6 Å². The Labute approximate surface area is 84.9 Å². The van der Waals surface area contributed by atoms with E-state index in [0.717, 1.165) is 18.7 Å². The number of rotatable bonds is 1. The van der Waals surface area contributed by atoms with Crippen molar-refractivity contribution in [3.8, 4) is 0 Å². The van der Waals surface area contributed by atoms with E-state index in [9.17, 15) is 0 Å². The lowest BCUT2D eigenvalue weighted by atomic mass is 9.94. The number of nitrogens with two attached hydrogens (primary N) is 1. The van der Waals surface area contributed by atoms with Gasteiger partial charge >= 0.3 is 0 Å². The first-order chi connectivity index (χ1) is 6.70. The molecule has 0 aromatic carbocycles. The lowest BCUT2D eigenvalue weighted by Gasteiger charge is -2.35. The highest BCUT2D eigenvalue weighted by Crippen LogP contribution is 2.28. The van der Waals surface area contributed by atoms with Crippen LogP contribution in [0.2, 0.25) is 0 Å². The second-order valence-electron chi connectivity index (χ2n) is 4.08. The summed E-state index contributed by atoms with van der Waals surface area (Å²) >= 11 is 0. The number of hydrogen-bond donors (Lipinski definition) is 1. The normalized spacial score (nSPS) is 24.4. The lowest BCUT2D eigenvalue weighted by molar-refractivity contribution is 0.201. The minimum absolute atomic E-state index is 0.133. The quantitative estimate of drug-likeness (QED) is 0.719. The second kappa shape index (κ2) is 3.67. The zero-order valence-corrected chi connectivity index (χ0v) is 8.77. The minimum atomic E-state index is 0.133.